The maximum Gasteiger partial charge on any atom is 0.407 e. The van der Waals surface area contributed by atoms with Gasteiger partial charge in [-0.1, -0.05) is 43.2 Å². The second-order valence-electron chi connectivity index (χ2n) is 15.5. The molecule has 3 N–H and O–H groups in total. The Morgan fingerprint density at radius 3 is 2.66 bits per heavy atom. The molecule has 286 valence electrons. The number of aromatic nitrogens is 1. The van der Waals surface area contributed by atoms with E-state index in [-0.39, 0.29) is 32.6 Å². The summed E-state index contributed by atoms with van der Waals surface area (Å²) in [6, 6.07) is 5.78. The van der Waals surface area contributed by atoms with E-state index in [0.29, 0.717) is 56.4 Å². The second-order valence-corrected chi connectivity index (χ2v) is 17.7. The Morgan fingerprint density at radius 2 is 1.89 bits per heavy atom. The largest absolute Gasteiger partial charge is 0.483 e. The number of aryl methyl sites for hydroxylation is 2. The van der Waals surface area contributed by atoms with Crippen molar-refractivity contribution >= 4 is 44.7 Å². The number of benzene rings is 1. The summed E-state index contributed by atoms with van der Waals surface area (Å²) in [6.07, 6.45) is 8.66. The highest BCUT2D eigenvalue weighted by atomic mass is 32.2. The van der Waals surface area contributed by atoms with E-state index in [4.69, 9.17) is 19.2 Å². The molecule has 0 radical (unpaired) electrons. The Hall–Kier alpha value is -4.24. The van der Waals surface area contributed by atoms with E-state index in [1.165, 1.54) is 12.0 Å². The number of hydrogen-bond acceptors (Lipinski definition) is 10. The number of hydrogen-bond donors (Lipinski definition) is 3. The first-order valence-corrected chi connectivity index (χ1v) is 20.1. The van der Waals surface area contributed by atoms with Gasteiger partial charge in [0.25, 0.3) is 5.91 Å². The van der Waals surface area contributed by atoms with E-state index < -0.39 is 67.7 Å². The molecule has 3 aliphatic heterocycles. The zero-order valence-corrected chi connectivity index (χ0v) is 31.4. The lowest BCUT2D eigenvalue weighted by molar-refractivity contribution is -0.141. The van der Waals surface area contributed by atoms with E-state index in [1.807, 2.05) is 43.3 Å². The predicted octanol–water partition coefficient (Wildman–Crippen LogP) is 3.34. The number of alkyl carbamates (subject to hydrolysis) is 1. The molecule has 14 nitrogen and oxygen atoms in total. The average Bonchev–Trinajstić information content (AvgIpc) is 4.02. The maximum atomic E-state index is 14.6. The minimum absolute atomic E-state index is 0.00291. The fourth-order valence-corrected chi connectivity index (χ4v) is 9.36. The van der Waals surface area contributed by atoms with Crippen molar-refractivity contribution in [2.45, 2.75) is 112 Å². The van der Waals surface area contributed by atoms with Gasteiger partial charge in [-0.25, -0.2) is 18.2 Å². The number of pyridine rings is 1. The molecule has 0 unspecified atom stereocenters. The van der Waals surface area contributed by atoms with Crippen LogP contribution in [-0.4, -0.2) is 97.0 Å². The van der Waals surface area contributed by atoms with Crippen molar-refractivity contribution in [2.75, 3.05) is 26.9 Å². The van der Waals surface area contributed by atoms with Gasteiger partial charge < -0.3 is 29.7 Å². The first kappa shape index (κ1) is 37.1. The van der Waals surface area contributed by atoms with Crippen molar-refractivity contribution < 1.29 is 41.8 Å². The summed E-state index contributed by atoms with van der Waals surface area (Å²) in [5.41, 5.74) is 0.115. The van der Waals surface area contributed by atoms with E-state index >= 15 is 0 Å². The lowest BCUT2D eigenvalue weighted by Crippen LogP contribution is -2.58. The third-order valence-electron chi connectivity index (χ3n) is 11.7. The maximum absolute atomic E-state index is 14.6. The number of methoxy groups -OCH3 is 1. The number of amides is 4. The van der Waals surface area contributed by atoms with Gasteiger partial charge in [0.2, 0.25) is 21.8 Å². The van der Waals surface area contributed by atoms with Gasteiger partial charge in [-0.3, -0.25) is 19.1 Å². The van der Waals surface area contributed by atoms with Crippen LogP contribution in [0.1, 0.15) is 82.4 Å². The molecule has 4 heterocycles. The number of nitrogens with zero attached hydrogens (tertiary/aromatic N) is 2. The van der Waals surface area contributed by atoms with Gasteiger partial charge in [-0.15, -0.1) is 0 Å². The summed E-state index contributed by atoms with van der Waals surface area (Å²) in [6.45, 7) is 3.73. The zero-order chi connectivity index (χ0) is 37.6. The van der Waals surface area contributed by atoms with Crippen LogP contribution < -0.4 is 20.1 Å². The second kappa shape index (κ2) is 14.2. The van der Waals surface area contributed by atoms with Crippen molar-refractivity contribution in [3.8, 4) is 5.75 Å². The number of carbonyl (C=O) groups excluding carboxylic acids is 4. The quantitative estimate of drug-likeness (QED) is 0.280. The molecule has 2 saturated carbocycles. The van der Waals surface area contributed by atoms with Crippen molar-refractivity contribution in [2.24, 2.45) is 5.92 Å². The minimum Gasteiger partial charge on any atom is -0.483 e. The molecular weight excluding hydrogens is 703 g/mol. The molecule has 3 fully saturated rings. The van der Waals surface area contributed by atoms with E-state index in [2.05, 4.69) is 15.4 Å². The highest BCUT2D eigenvalue weighted by Gasteiger charge is 2.64. The number of para-hydroxylation sites is 1. The van der Waals surface area contributed by atoms with Crippen LogP contribution in [0.3, 0.4) is 0 Å². The fourth-order valence-electron chi connectivity index (χ4n) is 8.04. The fraction of sp³-hybridized carbons (Fsp3) is 0.605. The molecule has 15 heteroatoms. The van der Waals surface area contributed by atoms with Crippen LogP contribution in [0.25, 0.3) is 10.9 Å². The summed E-state index contributed by atoms with van der Waals surface area (Å²) < 4.78 is 44.7. The molecule has 1 spiro atoms. The SMILES string of the molecule is COCCOC(=O)N[C@H]1CCCCC/C=C\[C@@H]2C[C@@]2(C(=O)NS(=O)(=O)C2(C)CC2)NC(=O)[C@@H]2C[C@]3(CCc4c(c(C)nc5ccccc45)O3)CN2C1=O. The topological polar surface area (TPSA) is 182 Å². The van der Waals surface area contributed by atoms with Gasteiger partial charge in [-0.2, -0.15) is 0 Å². The van der Waals surface area contributed by atoms with Gasteiger partial charge in [-0.05, 0) is 71.3 Å². The standard InChI is InChI=1S/C38H49N5O9S/c1-24-31-27(26-12-9-10-13-28(26)39-24)15-16-37(52-31)22-30-32(44)41-38(34(46)42-53(48,49)36(2)17-18-36)21-25(38)11-7-5-4-6-8-14-29(33(45)43(30)23-37)40-35(47)51-20-19-50-3/h7,9-13,25,29-30H,4-6,8,14-23H2,1-3H3,(H,40,47)(H,41,44)(H,42,46)/b11-7-/t25-,29+,30+,37-,38-/m1/s1. The van der Waals surface area contributed by atoms with E-state index in [0.717, 1.165) is 29.3 Å². The minimum atomic E-state index is -3.98. The summed E-state index contributed by atoms with van der Waals surface area (Å²) in [7, 11) is -2.49. The first-order valence-electron chi connectivity index (χ1n) is 18.7. The molecule has 1 saturated heterocycles. The van der Waals surface area contributed by atoms with Crippen LogP contribution in [-0.2, 0) is 40.3 Å². The average molecular weight is 752 g/mol. The summed E-state index contributed by atoms with van der Waals surface area (Å²) in [5, 5.41) is 6.66. The number of allylic oxidation sites excluding steroid dienone is 1. The molecule has 2 aromatic rings. The van der Waals surface area contributed by atoms with Gasteiger partial charge >= 0.3 is 6.09 Å². The number of nitrogens with one attached hydrogen (secondary N) is 3. The lowest BCUT2D eigenvalue weighted by Gasteiger charge is -2.36. The Bertz CT molecular complexity index is 1950. The Morgan fingerprint density at radius 1 is 1.09 bits per heavy atom. The van der Waals surface area contributed by atoms with E-state index in [1.54, 1.807) is 6.92 Å². The number of carbonyl (C=O) groups is 4. The highest BCUT2D eigenvalue weighted by molar-refractivity contribution is 7.91. The first-order chi connectivity index (χ1) is 25.3. The van der Waals surface area contributed by atoms with Crippen LogP contribution in [0, 0.1) is 12.8 Å². The normalized spacial score (nSPS) is 30.0. The highest BCUT2D eigenvalue weighted by Crippen LogP contribution is 2.49. The number of sulfonamides is 1. The predicted molar refractivity (Wildman–Crippen MR) is 194 cm³/mol. The van der Waals surface area contributed by atoms with Gasteiger partial charge in [0.1, 0.15) is 35.6 Å². The lowest BCUT2D eigenvalue weighted by atomic mass is 9.87. The number of ether oxygens (including phenoxy) is 3. The van der Waals surface area contributed by atoms with Crippen molar-refractivity contribution in [3.63, 3.8) is 0 Å². The van der Waals surface area contributed by atoms with Gasteiger partial charge in [0.05, 0.1) is 29.1 Å². The molecule has 0 bridgehead atoms. The van der Waals surface area contributed by atoms with Crippen LogP contribution in [0.4, 0.5) is 4.79 Å². The van der Waals surface area contributed by atoms with Crippen LogP contribution in [0.5, 0.6) is 5.75 Å². The molecule has 53 heavy (non-hydrogen) atoms. The zero-order valence-electron chi connectivity index (χ0n) is 30.6. The van der Waals surface area contributed by atoms with Crippen LogP contribution in [0.2, 0.25) is 0 Å². The Labute approximate surface area is 309 Å². The molecular formula is C38H49N5O9S. The third kappa shape index (κ3) is 7.21. The smallest absolute Gasteiger partial charge is 0.407 e. The van der Waals surface area contributed by atoms with Gasteiger partial charge in [0.15, 0.2) is 0 Å². The molecule has 2 aliphatic carbocycles. The van der Waals surface area contributed by atoms with Crippen LogP contribution >= 0.6 is 0 Å². The molecule has 5 atom stereocenters. The molecule has 5 aliphatic rings. The van der Waals surface area contributed by atoms with Crippen LogP contribution in [0.15, 0.2) is 36.4 Å². The van der Waals surface area contributed by atoms with Crippen molar-refractivity contribution in [1.82, 2.24) is 25.2 Å². The summed E-state index contributed by atoms with van der Waals surface area (Å²) >= 11 is 0. The number of rotatable bonds is 7. The van der Waals surface area contributed by atoms with Crippen molar-refractivity contribution in [3.05, 3.63) is 47.7 Å². The monoisotopic (exact) mass is 751 g/mol. The Kier molecular flexibility index (Phi) is 9.94. The summed E-state index contributed by atoms with van der Waals surface area (Å²) in [5.74, 6) is -1.62. The number of fused-ring (bicyclic) bond motifs is 5. The van der Waals surface area contributed by atoms with Gasteiger partial charge in [0, 0.05) is 30.4 Å². The van der Waals surface area contributed by atoms with E-state index in [9.17, 15) is 27.6 Å². The Balaban J connectivity index is 1.22. The van der Waals surface area contributed by atoms with Crippen molar-refractivity contribution in [1.29, 1.82) is 0 Å². The molecule has 4 amide bonds. The molecule has 7 rings (SSSR count). The molecule has 1 aromatic carbocycles. The summed E-state index contributed by atoms with van der Waals surface area (Å²) in [4.78, 5) is 62.2. The third-order valence-corrected chi connectivity index (χ3v) is 13.9. The molecule has 1 aromatic heterocycles.